The summed E-state index contributed by atoms with van der Waals surface area (Å²) in [6.07, 6.45) is 5.13. The van der Waals surface area contributed by atoms with Crippen molar-refractivity contribution in [3.8, 4) is 0 Å². The van der Waals surface area contributed by atoms with E-state index in [4.69, 9.17) is 0 Å². The quantitative estimate of drug-likeness (QED) is 0.480. The first kappa shape index (κ1) is 11.7. The predicted molar refractivity (Wildman–Crippen MR) is 63.1 cm³/mol. The smallest absolute Gasteiger partial charge is 0.143 e. The van der Waals surface area contributed by atoms with Crippen molar-refractivity contribution in [3.63, 3.8) is 0 Å². The van der Waals surface area contributed by atoms with Crippen LogP contribution in [0, 0.1) is 17.3 Å². The van der Waals surface area contributed by atoms with E-state index in [2.05, 4.69) is 45.4 Å². The van der Waals surface area contributed by atoms with Gasteiger partial charge in [0.25, 0.3) is 0 Å². The summed E-state index contributed by atoms with van der Waals surface area (Å²) in [4.78, 5) is 0. The molecule has 0 aliphatic heterocycles. The maximum atomic E-state index is 2.49. The topological polar surface area (TPSA) is 3.01 Å². The third-order valence-corrected chi connectivity index (χ3v) is 4.14. The molecule has 1 rings (SSSR count). The van der Waals surface area contributed by atoms with Crippen molar-refractivity contribution in [1.29, 1.82) is 0 Å². The standard InChI is InChI=1S/C13H26N/c1-6-8-14(7-2)10-12-9-11(3)13(12,4)5/h10-12H,6-9H2,1-5H3/q+1. The maximum absolute atomic E-state index is 2.49. The fourth-order valence-corrected chi connectivity index (χ4v) is 2.33. The molecular weight excluding hydrogens is 170 g/mol. The van der Waals surface area contributed by atoms with Crippen LogP contribution in [0.25, 0.3) is 0 Å². The van der Waals surface area contributed by atoms with Gasteiger partial charge in [0.1, 0.15) is 19.3 Å². The van der Waals surface area contributed by atoms with Crippen LogP contribution in [-0.4, -0.2) is 23.9 Å². The van der Waals surface area contributed by atoms with Crippen molar-refractivity contribution in [3.05, 3.63) is 0 Å². The van der Waals surface area contributed by atoms with Crippen molar-refractivity contribution >= 4 is 6.21 Å². The molecule has 1 fully saturated rings. The zero-order chi connectivity index (χ0) is 10.8. The molecule has 0 aromatic rings. The van der Waals surface area contributed by atoms with E-state index in [1.165, 1.54) is 19.4 Å². The van der Waals surface area contributed by atoms with Crippen LogP contribution in [-0.2, 0) is 0 Å². The van der Waals surface area contributed by atoms with Gasteiger partial charge in [-0.1, -0.05) is 27.7 Å². The van der Waals surface area contributed by atoms with E-state index >= 15 is 0 Å². The molecule has 82 valence electrons. The Morgan fingerprint density at radius 1 is 1.36 bits per heavy atom. The average Bonchev–Trinajstić information content (AvgIpc) is 2.16. The van der Waals surface area contributed by atoms with Gasteiger partial charge in [0.2, 0.25) is 0 Å². The molecule has 0 bridgehead atoms. The summed E-state index contributed by atoms with van der Waals surface area (Å²) in [6, 6.07) is 0. The first-order chi connectivity index (χ1) is 6.52. The Labute approximate surface area is 89.2 Å². The average molecular weight is 196 g/mol. The van der Waals surface area contributed by atoms with E-state index in [9.17, 15) is 0 Å². The Morgan fingerprint density at radius 2 is 2.00 bits per heavy atom. The van der Waals surface area contributed by atoms with E-state index in [1.807, 2.05) is 0 Å². The van der Waals surface area contributed by atoms with Crippen molar-refractivity contribution in [2.75, 3.05) is 13.1 Å². The van der Waals surface area contributed by atoms with Crippen LogP contribution >= 0.6 is 0 Å². The molecule has 2 unspecified atom stereocenters. The summed E-state index contributed by atoms with van der Waals surface area (Å²) >= 11 is 0. The summed E-state index contributed by atoms with van der Waals surface area (Å²) in [5.74, 6) is 1.70. The van der Waals surface area contributed by atoms with Crippen LogP contribution in [0.3, 0.4) is 0 Å². The molecule has 0 heterocycles. The van der Waals surface area contributed by atoms with E-state index in [0.29, 0.717) is 5.41 Å². The van der Waals surface area contributed by atoms with Crippen LogP contribution in [0.1, 0.15) is 47.5 Å². The number of rotatable bonds is 4. The van der Waals surface area contributed by atoms with Gasteiger partial charge in [-0.3, -0.25) is 0 Å². The number of nitrogens with zero attached hydrogens (tertiary/aromatic N) is 1. The Hall–Kier alpha value is -0.330. The second-order valence-electron chi connectivity index (χ2n) is 5.34. The van der Waals surface area contributed by atoms with Gasteiger partial charge in [-0.25, -0.2) is 4.58 Å². The second-order valence-corrected chi connectivity index (χ2v) is 5.34. The van der Waals surface area contributed by atoms with E-state index < -0.39 is 0 Å². The minimum absolute atomic E-state index is 0.529. The molecule has 0 aromatic heterocycles. The first-order valence-electron chi connectivity index (χ1n) is 6.11. The highest BCUT2D eigenvalue weighted by Gasteiger charge is 2.46. The van der Waals surface area contributed by atoms with Crippen LogP contribution in [0.2, 0.25) is 0 Å². The lowest BCUT2D eigenvalue weighted by Crippen LogP contribution is -2.45. The van der Waals surface area contributed by atoms with Crippen LogP contribution in [0.5, 0.6) is 0 Å². The lowest BCUT2D eigenvalue weighted by atomic mass is 9.56. The molecule has 1 aliphatic rings. The molecule has 0 saturated heterocycles. The molecule has 1 nitrogen and oxygen atoms in total. The summed E-state index contributed by atoms with van der Waals surface area (Å²) in [7, 11) is 0. The van der Waals surface area contributed by atoms with Crippen LogP contribution < -0.4 is 0 Å². The highest BCUT2D eigenvalue weighted by molar-refractivity contribution is 5.58. The molecular formula is C13H26N+. The van der Waals surface area contributed by atoms with Crippen molar-refractivity contribution in [1.82, 2.24) is 0 Å². The summed E-state index contributed by atoms with van der Waals surface area (Å²) in [5, 5.41) is 0. The lowest BCUT2D eigenvalue weighted by Gasteiger charge is -2.48. The molecule has 1 saturated carbocycles. The van der Waals surface area contributed by atoms with Crippen LogP contribution in [0.15, 0.2) is 0 Å². The molecule has 0 radical (unpaired) electrons. The summed E-state index contributed by atoms with van der Waals surface area (Å²) < 4.78 is 2.48. The SMILES string of the molecule is CCC[N+](=CC1CC(C)C1(C)C)CC. The Balaban J connectivity index is 2.59. The zero-order valence-electron chi connectivity index (χ0n) is 10.5. The van der Waals surface area contributed by atoms with Gasteiger partial charge in [0.05, 0.1) is 0 Å². The molecule has 1 aliphatic carbocycles. The minimum Gasteiger partial charge on any atom is -0.240 e. The Bertz CT molecular complexity index is 215. The fourth-order valence-electron chi connectivity index (χ4n) is 2.33. The van der Waals surface area contributed by atoms with Crippen molar-refractivity contribution in [2.24, 2.45) is 17.3 Å². The largest absolute Gasteiger partial charge is 0.240 e. The molecule has 14 heavy (non-hydrogen) atoms. The summed E-state index contributed by atoms with van der Waals surface area (Å²) in [6.45, 7) is 14.1. The van der Waals surface area contributed by atoms with Crippen molar-refractivity contribution in [2.45, 2.75) is 47.5 Å². The first-order valence-corrected chi connectivity index (χ1v) is 6.11. The molecule has 0 N–H and O–H groups in total. The molecule has 0 amide bonds. The van der Waals surface area contributed by atoms with Crippen LogP contribution in [0.4, 0.5) is 0 Å². The maximum Gasteiger partial charge on any atom is 0.143 e. The van der Waals surface area contributed by atoms with E-state index in [-0.39, 0.29) is 0 Å². The Kier molecular flexibility index (Phi) is 3.74. The lowest BCUT2D eigenvalue weighted by molar-refractivity contribution is -0.523. The third kappa shape index (κ3) is 2.18. The van der Waals surface area contributed by atoms with E-state index in [1.54, 1.807) is 0 Å². The normalized spacial score (nSPS) is 31.4. The predicted octanol–water partition coefficient (Wildman–Crippen LogP) is 3.18. The van der Waals surface area contributed by atoms with Crippen molar-refractivity contribution < 1.29 is 4.58 Å². The summed E-state index contributed by atoms with van der Waals surface area (Å²) in [5.41, 5.74) is 0.529. The third-order valence-electron chi connectivity index (χ3n) is 4.14. The zero-order valence-corrected chi connectivity index (χ0v) is 10.5. The van der Waals surface area contributed by atoms with Gasteiger partial charge < -0.3 is 0 Å². The van der Waals surface area contributed by atoms with Gasteiger partial charge in [-0.05, 0) is 24.7 Å². The van der Waals surface area contributed by atoms with Gasteiger partial charge >= 0.3 is 0 Å². The molecule has 0 aromatic carbocycles. The van der Waals surface area contributed by atoms with Gasteiger partial charge in [-0.2, -0.15) is 0 Å². The minimum atomic E-state index is 0.529. The highest BCUT2D eigenvalue weighted by atomic mass is 15.0. The number of hydrogen-bond donors (Lipinski definition) is 0. The fraction of sp³-hybridized carbons (Fsp3) is 0.923. The van der Waals surface area contributed by atoms with Gasteiger partial charge in [-0.15, -0.1) is 0 Å². The van der Waals surface area contributed by atoms with Gasteiger partial charge in [0.15, 0.2) is 0 Å². The number of hydrogen-bond acceptors (Lipinski definition) is 0. The highest BCUT2D eigenvalue weighted by Crippen LogP contribution is 2.49. The van der Waals surface area contributed by atoms with Gasteiger partial charge in [0, 0.05) is 12.3 Å². The van der Waals surface area contributed by atoms with E-state index in [0.717, 1.165) is 18.4 Å². The molecule has 0 spiro atoms. The molecule has 1 heteroatoms. The molecule has 2 atom stereocenters. The second kappa shape index (κ2) is 4.46. The Morgan fingerprint density at radius 3 is 2.36 bits per heavy atom. The monoisotopic (exact) mass is 196 g/mol.